The number of amides is 3. The molecule has 2 aliphatic rings. The Balaban J connectivity index is 1.43. The number of nitrogens with zero attached hydrogens (tertiary/aromatic N) is 4. The second-order valence-electron chi connectivity index (χ2n) is 7.69. The van der Waals surface area contributed by atoms with Crippen LogP contribution in [0.5, 0.6) is 0 Å². The number of hydrogen-bond acceptors (Lipinski definition) is 6. The Morgan fingerprint density at radius 1 is 0.844 bits per heavy atom. The molecule has 9 heteroatoms. The summed E-state index contributed by atoms with van der Waals surface area (Å²) in [5.41, 5.74) is 0.839. The van der Waals surface area contributed by atoms with Gasteiger partial charge in [0.2, 0.25) is 0 Å². The number of carbonyl (C=O) groups excluding carboxylic acids is 3. The maximum Gasteiger partial charge on any atom is 0.276 e. The predicted molar refractivity (Wildman–Crippen MR) is 115 cm³/mol. The van der Waals surface area contributed by atoms with Crippen LogP contribution in [0.2, 0.25) is 0 Å². The van der Waals surface area contributed by atoms with Crippen molar-refractivity contribution in [3.8, 4) is 0 Å². The van der Waals surface area contributed by atoms with E-state index in [1.165, 1.54) is 12.1 Å². The van der Waals surface area contributed by atoms with E-state index in [2.05, 4.69) is 0 Å². The molecule has 0 atom stereocenters. The van der Waals surface area contributed by atoms with Gasteiger partial charge in [-0.1, -0.05) is 30.3 Å². The number of nitro groups is 1. The lowest BCUT2D eigenvalue weighted by atomic mass is 9.94. The highest BCUT2D eigenvalue weighted by molar-refractivity contribution is 6.25. The van der Waals surface area contributed by atoms with Crippen molar-refractivity contribution in [2.24, 2.45) is 0 Å². The summed E-state index contributed by atoms with van der Waals surface area (Å²) in [5.74, 6) is -1.16. The molecule has 3 aromatic rings. The van der Waals surface area contributed by atoms with Gasteiger partial charge in [-0.05, 0) is 23.6 Å². The number of hydrogen-bond donors (Lipinski definition) is 0. The number of rotatable bonds is 3. The minimum Gasteiger partial charge on any atom is -0.336 e. The summed E-state index contributed by atoms with van der Waals surface area (Å²) in [4.78, 5) is 51.7. The zero-order chi connectivity index (χ0) is 22.4. The smallest absolute Gasteiger partial charge is 0.276 e. The molecule has 3 amide bonds. The normalized spacial score (nSPS) is 16.5. The molecule has 9 nitrogen and oxygen atoms in total. The highest BCUT2D eigenvalue weighted by Gasteiger charge is 2.39. The molecule has 160 valence electrons. The van der Waals surface area contributed by atoms with Crippen molar-refractivity contribution in [3.05, 3.63) is 87.5 Å². The van der Waals surface area contributed by atoms with Crippen molar-refractivity contribution in [3.63, 3.8) is 0 Å². The van der Waals surface area contributed by atoms with Gasteiger partial charge in [-0.25, -0.2) is 10.0 Å². The predicted octanol–water partition coefficient (Wildman–Crippen LogP) is 2.72. The van der Waals surface area contributed by atoms with E-state index < -0.39 is 16.7 Å². The second kappa shape index (κ2) is 7.54. The van der Waals surface area contributed by atoms with E-state index in [9.17, 15) is 24.5 Å². The quantitative estimate of drug-likeness (QED) is 0.360. The highest BCUT2D eigenvalue weighted by atomic mass is 16.6. The molecule has 0 aromatic heterocycles. The number of piperazine rings is 1. The molecule has 5 rings (SSSR count). The lowest BCUT2D eigenvalue weighted by Gasteiger charge is -2.41. The fourth-order valence-corrected chi connectivity index (χ4v) is 4.30. The summed E-state index contributed by atoms with van der Waals surface area (Å²) in [7, 11) is 0. The van der Waals surface area contributed by atoms with Crippen LogP contribution in [0.4, 0.5) is 5.69 Å². The fraction of sp³-hybridized carbons (Fsp3) is 0.174. The third kappa shape index (κ3) is 3.10. The Morgan fingerprint density at radius 2 is 1.53 bits per heavy atom. The summed E-state index contributed by atoms with van der Waals surface area (Å²) in [6.45, 7) is 1.26. The van der Waals surface area contributed by atoms with Gasteiger partial charge < -0.3 is 4.90 Å². The van der Waals surface area contributed by atoms with Gasteiger partial charge in [-0.3, -0.25) is 24.5 Å². The summed E-state index contributed by atoms with van der Waals surface area (Å²) in [5, 5.41) is 14.9. The molecule has 0 unspecified atom stereocenters. The van der Waals surface area contributed by atoms with Crippen LogP contribution in [0.1, 0.15) is 31.1 Å². The molecule has 2 aliphatic heterocycles. The van der Waals surface area contributed by atoms with Crippen molar-refractivity contribution in [1.29, 1.82) is 0 Å². The van der Waals surface area contributed by atoms with Gasteiger partial charge >= 0.3 is 0 Å². The zero-order valence-corrected chi connectivity index (χ0v) is 16.9. The van der Waals surface area contributed by atoms with Crippen molar-refractivity contribution in [1.82, 2.24) is 14.9 Å². The van der Waals surface area contributed by atoms with Gasteiger partial charge in [-0.15, -0.1) is 0 Å². The maximum atomic E-state index is 13.3. The number of benzene rings is 3. The van der Waals surface area contributed by atoms with E-state index in [4.69, 9.17) is 0 Å². The van der Waals surface area contributed by atoms with E-state index in [0.29, 0.717) is 35.0 Å². The Labute approximate surface area is 182 Å². The maximum absolute atomic E-state index is 13.3. The van der Waals surface area contributed by atoms with Crippen LogP contribution in [0.15, 0.2) is 60.7 Å². The first-order valence-corrected chi connectivity index (χ1v) is 10.1. The molecule has 2 heterocycles. The summed E-state index contributed by atoms with van der Waals surface area (Å²) >= 11 is 0. The highest BCUT2D eigenvalue weighted by Crippen LogP contribution is 2.34. The van der Waals surface area contributed by atoms with Crippen LogP contribution in [-0.4, -0.2) is 63.7 Å². The molecule has 1 fully saturated rings. The average molecular weight is 430 g/mol. The van der Waals surface area contributed by atoms with Gasteiger partial charge in [0.1, 0.15) is 0 Å². The minimum absolute atomic E-state index is 0.104. The third-order valence-corrected chi connectivity index (χ3v) is 5.86. The Morgan fingerprint density at radius 3 is 2.22 bits per heavy atom. The molecule has 32 heavy (non-hydrogen) atoms. The molecule has 0 radical (unpaired) electrons. The van der Waals surface area contributed by atoms with Gasteiger partial charge in [0.05, 0.1) is 16.1 Å². The average Bonchev–Trinajstić information content (AvgIpc) is 2.82. The first-order valence-electron chi connectivity index (χ1n) is 10.1. The molecular weight excluding hydrogens is 412 g/mol. The van der Waals surface area contributed by atoms with Crippen LogP contribution in [-0.2, 0) is 0 Å². The Bertz CT molecular complexity index is 1280. The van der Waals surface area contributed by atoms with E-state index in [1.54, 1.807) is 52.4 Å². The van der Waals surface area contributed by atoms with Crippen molar-refractivity contribution < 1.29 is 19.3 Å². The zero-order valence-electron chi connectivity index (χ0n) is 16.9. The van der Waals surface area contributed by atoms with Crippen molar-refractivity contribution in [2.75, 3.05) is 26.2 Å². The minimum atomic E-state index is -0.592. The lowest BCUT2D eigenvalue weighted by Crippen LogP contribution is -2.59. The van der Waals surface area contributed by atoms with E-state index in [1.807, 2.05) is 6.07 Å². The monoisotopic (exact) mass is 430 g/mol. The fourth-order valence-electron chi connectivity index (χ4n) is 4.30. The van der Waals surface area contributed by atoms with E-state index in [-0.39, 0.29) is 30.2 Å². The molecule has 0 saturated carbocycles. The SMILES string of the molecule is O=C(c1ccccc1)N1CCN(N2C(=O)c3cccc4cc([N+](=O)[O-])cc(c34)C2=O)CC1. The first kappa shape index (κ1) is 19.8. The molecular formula is C23H18N4O5. The number of hydrazine groups is 1. The van der Waals surface area contributed by atoms with Crippen LogP contribution in [0.25, 0.3) is 10.8 Å². The van der Waals surface area contributed by atoms with Crippen LogP contribution in [0.3, 0.4) is 0 Å². The van der Waals surface area contributed by atoms with E-state index >= 15 is 0 Å². The summed E-state index contributed by atoms with van der Waals surface area (Å²) in [6, 6.07) is 16.4. The topological polar surface area (TPSA) is 104 Å². The van der Waals surface area contributed by atoms with Crippen LogP contribution in [0, 0.1) is 10.1 Å². The van der Waals surface area contributed by atoms with Gasteiger partial charge in [0.25, 0.3) is 23.4 Å². The largest absolute Gasteiger partial charge is 0.336 e. The number of nitro benzene ring substituents is 1. The Kier molecular flexibility index (Phi) is 4.67. The van der Waals surface area contributed by atoms with Gasteiger partial charge in [0.15, 0.2) is 0 Å². The standard InChI is InChI=1S/C23H18N4O5/c28-21(15-5-2-1-3-6-15)24-9-11-25(12-10-24)26-22(29)18-8-4-7-16-13-17(27(31)32)14-19(20(16)18)23(26)30/h1-8,13-14H,9-12H2. The number of imide groups is 1. The molecule has 0 N–H and O–H groups in total. The third-order valence-electron chi connectivity index (χ3n) is 5.86. The number of carbonyl (C=O) groups is 3. The molecule has 0 spiro atoms. The molecule has 3 aromatic carbocycles. The summed E-state index contributed by atoms with van der Waals surface area (Å²) < 4.78 is 0. The van der Waals surface area contributed by atoms with Crippen molar-refractivity contribution in [2.45, 2.75) is 0 Å². The van der Waals surface area contributed by atoms with E-state index in [0.717, 1.165) is 5.01 Å². The van der Waals surface area contributed by atoms with Gasteiger partial charge in [0, 0.05) is 49.3 Å². The molecule has 1 saturated heterocycles. The molecule has 0 bridgehead atoms. The summed E-state index contributed by atoms with van der Waals surface area (Å²) in [6.07, 6.45) is 0. The van der Waals surface area contributed by atoms with Crippen LogP contribution < -0.4 is 0 Å². The first-order chi connectivity index (χ1) is 15.5. The molecule has 0 aliphatic carbocycles. The Hall–Kier alpha value is -4.11. The van der Waals surface area contributed by atoms with Crippen LogP contribution >= 0.6 is 0 Å². The lowest BCUT2D eigenvalue weighted by molar-refractivity contribution is -0.384. The second-order valence-corrected chi connectivity index (χ2v) is 7.69. The number of non-ortho nitro benzene ring substituents is 1. The van der Waals surface area contributed by atoms with Crippen molar-refractivity contribution >= 4 is 34.2 Å². The van der Waals surface area contributed by atoms with Gasteiger partial charge in [-0.2, -0.15) is 0 Å².